The Morgan fingerprint density at radius 2 is 1.85 bits per heavy atom. The largest absolute Gasteiger partial charge is 0.298 e. The maximum atomic E-state index is 10.8. The Hall–Kier alpha value is -1.63. The molecule has 0 aliphatic rings. The van der Waals surface area contributed by atoms with Gasteiger partial charge in [0.05, 0.1) is 0 Å². The number of hydrogen-bond donors (Lipinski definition) is 0. The van der Waals surface area contributed by atoms with E-state index in [4.69, 9.17) is 6.92 Å². The van der Waals surface area contributed by atoms with Crippen LogP contribution in [0.4, 0.5) is 0 Å². The molecule has 1 nitrogen and oxygen atoms in total. The van der Waals surface area contributed by atoms with Crippen molar-refractivity contribution in [2.24, 2.45) is 0 Å². The van der Waals surface area contributed by atoms with Gasteiger partial charge in [0.2, 0.25) is 0 Å². The molecule has 2 aromatic carbocycles. The molecular weight excluding hydrogens is 160 g/mol. The van der Waals surface area contributed by atoms with Gasteiger partial charge in [-0.1, -0.05) is 36.4 Å². The van der Waals surface area contributed by atoms with Gasteiger partial charge in [0.25, 0.3) is 0 Å². The molecule has 0 aliphatic heterocycles. The summed E-state index contributed by atoms with van der Waals surface area (Å²) in [6, 6.07) is 11.4. The maximum Gasteiger partial charge on any atom is 0.150 e. The highest BCUT2D eigenvalue weighted by atomic mass is 16.1. The van der Waals surface area contributed by atoms with E-state index in [1.165, 1.54) is 0 Å². The van der Waals surface area contributed by atoms with E-state index in [0.717, 1.165) is 17.1 Å². The standard InChI is InChI=1S/C12H8O/c1-9-6-7-10-4-2-3-5-11(10)12(9)8-13/h1-8H. The molecule has 0 unspecified atom stereocenters. The number of fused-ring (bicyclic) bond motifs is 1. The van der Waals surface area contributed by atoms with Crippen molar-refractivity contribution in [2.75, 3.05) is 0 Å². The van der Waals surface area contributed by atoms with Gasteiger partial charge in [-0.15, -0.1) is 0 Å². The number of carbonyl (C=O) groups is 1. The van der Waals surface area contributed by atoms with Crippen LogP contribution in [0.1, 0.15) is 15.9 Å². The molecule has 2 rings (SSSR count). The van der Waals surface area contributed by atoms with Gasteiger partial charge >= 0.3 is 0 Å². The van der Waals surface area contributed by atoms with Crippen LogP contribution in [0.5, 0.6) is 0 Å². The van der Waals surface area contributed by atoms with Crippen molar-refractivity contribution in [3.05, 3.63) is 54.4 Å². The van der Waals surface area contributed by atoms with Crippen LogP contribution >= 0.6 is 0 Å². The first-order valence-corrected chi connectivity index (χ1v) is 4.05. The molecule has 0 atom stereocenters. The smallest absolute Gasteiger partial charge is 0.150 e. The molecule has 13 heavy (non-hydrogen) atoms. The van der Waals surface area contributed by atoms with Crippen molar-refractivity contribution in [2.45, 2.75) is 0 Å². The van der Waals surface area contributed by atoms with Gasteiger partial charge in [-0.2, -0.15) is 0 Å². The molecular formula is C12H8O. The van der Waals surface area contributed by atoms with Crippen molar-refractivity contribution in [3.8, 4) is 0 Å². The molecule has 0 aliphatic carbocycles. The van der Waals surface area contributed by atoms with E-state index in [-0.39, 0.29) is 0 Å². The van der Waals surface area contributed by atoms with Crippen molar-refractivity contribution in [1.29, 1.82) is 0 Å². The summed E-state index contributed by atoms with van der Waals surface area (Å²) in [5, 5.41) is 1.95. The third-order valence-electron chi connectivity index (χ3n) is 2.12. The van der Waals surface area contributed by atoms with E-state index in [9.17, 15) is 4.79 Å². The Balaban J connectivity index is 2.91. The van der Waals surface area contributed by atoms with E-state index < -0.39 is 0 Å². The molecule has 1 heteroatoms. The lowest BCUT2D eigenvalue weighted by Gasteiger charge is -2.02. The molecule has 0 heterocycles. The minimum atomic E-state index is 0.536. The first kappa shape index (κ1) is 7.99. The number of carbonyl (C=O) groups excluding carboxylic acids is 1. The Bertz CT molecular complexity index is 458. The highest BCUT2D eigenvalue weighted by molar-refractivity contribution is 5.99. The monoisotopic (exact) mass is 168 g/mol. The van der Waals surface area contributed by atoms with E-state index in [1.54, 1.807) is 6.07 Å². The third-order valence-corrected chi connectivity index (χ3v) is 2.12. The third kappa shape index (κ3) is 1.22. The van der Waals surface area contributed by atoms with Gasteiger partial charge in [0.15, 0.2) is 6.29 Å². The molecule has 0 spiro atoms. The Morgan fingerprint density at radius 3 is 2.62 bits per heavy atom. The molecule has 62 valence electrons. The van der Waals surface area contributed by atoms with E-state index in [0.29, 0.717) is 11.1 Å². The van der Waals surface area contributed by atoms with Gasteiger partial charge in [-0.05, 0) is 23.3 Å². The fourth-order valence-electron chi connectivity index (χ4n) is 1.44. The number of aldehydes is 1. The van der Waals surface area contributed by atoms with Crippen LogP contribution in [-0.2, 0) is 0 Å². The minimum Gasteiger partial charge on any atom is -0.298 e. The summed E-state index contributed by atoms with van der Waals surface area (Å²) < 4.78 is 0. The highest BCUT2D eigenvalue weighted by Crippen LogP contribution is 2.19. The number of hydrogen-bond acceptors (Lipinski definition) is 1. The van der Waals surface area contributed by atoms with E-state index >= 15 is 0 Å². The molecule has 0 amide bonds. The second-order valence-electron chi connectivity index (χ2n) is 2.91. The Morgan fingerprint density at radius 1 is 1.08 bits per heavy atom. The predicted molar refractivity (Wildman–Crippen MR) is 52.7 cm³/mol. The Labute approximate surface area is 77.0 Å². The summed E-state index contributed by atoms with van der Waals surface area (Å²) in [4.78, 5) is 10.8. The highest BCUT2D eigenvalue weighted by Gasteiger charge is 2.01. The zero-order valence-corrected chi connectivity index (χ0v) is 7.03. The minimum absolute atomic E-state index is 0.536. The van der Waals surface area contributed by atoms with Crippen LogP contribution in [-0.4, -0.2) is 6.29 Å². The van der Waals surface area contributed by atoms with Crippen molar-refractivity contribution >= 4 is 17.1 Å². The zero-order chi connectivity index (χ0) is 9.26. The van der Waals surface area contributed by atoms with Crippen LogP contribution in [0.2, 0.25) is 0 Å². The van der Waals surface area contributed by atoms with Crippen LogP contribution in [0.3, 0.4) is 0 Å². The van der Waals surface area contributed by atoms with Crippen LogP contribution < -0.4 is 0 Å². The molecule has 2 aromatic rings. The average Bonchev–Trinajstić information content (AvgIpc) is 2.18. The van der Waals surface area contributed by atoms with E-state index in [2.05, 4.69) is 0 Å². The topological polar surface area (TPSA) is 17.1 Å². The lowest BCUT2D eigenvalue weighted by atomic mass is 10.0. The SMILES string of the molecule is [CH]c1ccc2ccccc2c1C=O. The second kappa shape index (κ2) is 3.02. The normalized spacial score (nSPS) is 10.2. The van der Waals surface area contributed by atoms with Gasteiger partial charge in [-0.3, -0.25) is 4.79 Å². The summed E-state index contributed by atoms with van der Waals surface area (Å²) in [6.07, 6.45) is 0.803. The first-order valence-electron chi connectivity index (χ1n) is 4.05. The summed E-state index contributed by atoms with van der Waals surface area (Å²) >= 11 is 0. The van der Waals surface area contributed by atoms with Crippen molar-refractivity contribution in [3.63, 3.8) is 0 Å². The summed E-state index contributed by atoms with van der Waals surface area (Å²) in [7, 11) is 0. The van der Waals surface area contributed by atoms with Crippen molar-refractivity contribution in [1.82, 2.24) is 0 Å². The quantitative estimate of drug-likeness (QED) is 0.598. The van der Waals surface area contributed by atoms with Crippen LogP contribution in [0, 0.1) is 6.92 Å². The number of benzene rings is 2. The van der Waals surface area contributed by atoms with Crippen LogP contribution in [0.25, 0.3) is 10.8 Å². The van der Waals surface area contributed by atoms with Gasteiger partial charge in [0.1, 0.15) is 0 Å². The average molecular weight is 168 g/mol. The lowest BCUT2D eigenvalue weighted by molar-refractivity contribution is 0.112. The Kier molecular flexibility index (Phi) is 1.85. The molecule has 0 saturated heterocycles. The predicted octanol–water partition coefficient (Wildman–Crippen LogP) is 2.71. The molecule has 2 radical (unpaired) electrons. The van der Waals surface area contributed by atoms with Crippen LogP contribution in [0.15, 0.2) is 36.4 Å². The fourth-order valence-corrected chi connectivity index (χ4v) is 1.44. The second-order valence-corrected chi connectivity index (χ2v) is 2.91. The lowest BCUT2D eigenvalue weighted by Crippen LogP contribution is -1.87. The zero-order valence-electron chi connectivity index (χ0n) is 7.03. The summed E-state index contributed by atoms with van der Waals surface area (Å²) in [5.41, 5.74) is 1.12. The molecule has 0 fully saturated rings. The van der Waals surface area contributed by atoms with E-state index in [1.807, 2.05) is 30.3 Å². The van der Waals surface area contributed by atoms with Gasteiger partial charge < -0.3 is 0 Å². The number of rotatable bonds is 1. The fraction of sp³-hybridized carbons (Fsp3) is 0. The maximum absolute atomic E-state index is 10.8. The van der Waals surface area contributed by atoms with Gasteiger partial charge in [-0.25, -0.2) is 0 Å². The molecule has 0 N–H and O–H groups in total. The summed E-state index contributed by atoms with van der Waals surface area (Å²) in [5.74, 6) is 0. The summed E-state index contributed by atoms with van der Waals surface area (Å²) in [6.45, 7) is 5.67. The first-order chi connectivity index (χ1) is 6.33. The van der Waals surface area contributed by atoms with Crippen molar-refractivity contribution < 1.29 is 4.79 Å². The molecule has 0 aromatic heterocycles. The molecule has 0 bridgehead atoms. The van der Waals surface area contributed by atoms with Gasteiger partial charge in [0, 0.05) is 5.56 Å². The molecule has 0 saturated carbocycles.